The lowest BCUT2D eigenvalue weighted by atomic mass is 9.93. The second kappa shape index (κ2) is 5.06. The fourth-order valence-electron chi connectivity index (χ4n) is 2.05. The number of aromatic nitrogens is 1. The maximum Gasteiger partial charge on any atom is 0.330 e. The van der Waals surface area contributed by atoms with E-state index in [0.717, 1.165) is 0 Å². The van der Waals surface area contributed by atoms with E-state index in [0.29, 0.717) is 18.2 Å². The van der Waals surface area contributed by atoms with Gasteiger partial charge in [-0.3, -0.25) is 4.90 Å². The van der Waals surface area contributed by atoms with Crippen LogP contribution >= 0.6 is 0 Å². The van der Waals surface area contributed by atoms with Crippen LogP contribution in [0.25, 0.3) is 0 Å². The van der Waals surface area contributed by atoms with Crippen LogP contribution in [-0.4, -0.2) is 47.3 Å². The van der Waals surface area contributed by atoms with Crippen LogP contribution in [0.3, 0.4) is 0 Å². The van der Waals surface area contributed by atoms with Gasteiger partial charge in [-0.1, -0.05) is 25.9 Å². The molecule has 1 aliphatic heterocycles. The number of amides is 2. The Labute approximate surface area is 118 Å². The zero-order chi connectivity index (χ0) is 15.1. The highest BCUT2D eigenvalue weighted by Crippen LogP contribution is 2.31. The van der Waals surface area contributed by atoms with Crippen LogP contribution in [0.15, 0.2) is 10.6 Å². The summed E-state index contributed by atoms with van der Waals surface area (Å²) < 4.78 is 10.6. The fraction of sp³-hybridized carbons (Fsp3) is 0.692. The van der Waals surface area contributed by atoms with Crippen molar-refractivity contribution in [1.82, 2.24) is 10.1 Å². The summed E-state index contributed by atoms with van der Waals surface area (Å²) >= 11 is 0. The van der Waals surface area contributed by atoms with Gasteiger partial charge in [0.25, 0.3) is 0 Å². The second-order valence-corrected chi connectivity index (χ2v) is 5.82. The Morgan fingerprint density at radius 2 is 2.15 bits per heavy atom. The SMILES string of the molecule is CCO[C@H]1C(O)N(c2cc(C(C)(C)C)on2)C(=O)N1C. The van der Waals surface area contributed by atoms with Crippen molar-refractivity contribution >= 4 is 11.8 Å². The molecule has 2 amide bonds. The number of carbonyl (C=O) groups is 1. The van der Waals surface area contributed by atoms with Crippen molar-refractivity contribution in [3.8, 4) is 0 Å². The topological polar surface area (TPSA) is 79.0 Å². The van der Waals surface area contributed by atoms with Gasteiger partial charge in [0.1, 0.15) is 5.76 Å². The van der Waals surface area contributed by atoms with Crippen LogP contribution in [0.2, 0.25) is 0 Å². The molecule has 0 aliphatic carbocycles. The first-order valence-corrected chi connectivity index (χ1v) is 6.60. The molecule has 0 aromatic carbocycles. The highest BCUT2D eigenvalue weighted by atomic mass is 16.5. The highest BCUT2D eigenvalue weighted by Gasteiger charge is 2.46. The normalized spacial score (nSPS) is 23.8. The third-order valence-electron chi connectivity index (χ3n) is 3.23. The van der Waals surface area contributed by atoms with E-state index in [1.807, 2.05) is 27.7 Å². The summed E-state index contributed by atoms with van der Waals surface area (Å²) in [4.78, 5) is 14.7. The Morgan fingerprint density at radius 3 is 2.65 bits per heavy atom. The standard InChI is InChI=1S/C13H21N3O4/c1-6-19-11-10(17)16(12(18)15(11)5)9-7-8(20-14-9)13(2,3)4/h7,10-11,17H,6H2,1-5H3/t10?,11-/m0/s1. The smallest absolute Gasteiger partial charge is 0.330 e. The molecule has 0 saturated carbocycles. The van der Waals surface area contributed by atoms with E-state index < -0.39 is 12.5 Å². The van der Waals surface area contributed by atoms with Gasteiger partial charge in [-0.05, 0) is 6.92 Å². The number of hydrogen-bond acceptors (Lipinski definition) is 5. The molecule has 1 aromatic heterocycles. The van der Waals surface area contributed by atoms with Gasteiger partial charge in [0.15, 0.2) is 18.3 Å². The minimum Gasteiger partial charge on any atom is -0.369 e. The third-order valence-corrected chi connectivity index (χ3v) is 3.23. The summed E-state index contributed by atoms with van der Waals surface area (Å²) in [6, 6.07) is 1.30. The molecule has 0 spiro atoms. The number of aliphatic hydroxyl groups is 1. The van der Waals surface area contributed by atoms with Gasteiger partial charge in [-0.15, -0.1) is 0 Å². The van der Waals surface area contributed by atoms with Crippen molar-refractivity contribution in [2.24, 2.45) is 0 Å². The van der Waals surface area contributed by atoms with Crippen molar-refractivity contribution in [2.45, 2.75) is 45.6 Å². The van der Waals surface area contributed by atoms with E-state index in [1.165, 1.54) is 9.80 Å². The predicted octanol–water partition coefficient (Wildman–Crippen LogP) is 1.52. The molecule has 2 atom stereocenters. The molecule has 1 aliphatic rings. The Balaban J connectivity index is 2.28. The molecule has 7 heteroatoms. The van der Waals surface area contributed by atoms with Crippen LogP contribution in [0.4, 0.5) is 10.6 Å². The van der Waals surface area contributed by atoms with E-state index in [9.17, 15) is 9.90 Å². The molecule has 20 heavy (non-hydrogen) atoms. The molecule has 0 radical (unpaired) electrons. The molecule has 2 rings (SSSR count). The summed E-state index contributed by atoms with van der Waals surface area (Å²) in [5.74, 6) is 0.941. The highest BCUT2D eigenvalue weighted by molar-refractivity contribution is 5.93. The van der Waals surface area contributed by atoms with Gasteiger partial charge < -0.3 is 14.4 Å². The van der Waals surface area contributed by atoms with E-state index in [2.05, 4.69) is 5.16 Å². The van der Waals surface area contributed by atoms with Crippen molar-refractivity contribution in [2.75, 3.05) is 18.6 Å². The fourth-order valence-corrected chi connectivity index (χ4v) is 2.05. The molecular weight excluding hydrogens is 262 g/mol. The van der Waals surface area contributed by atoms with Crippen molar-refractivity contribution in [1.29, 1.82) is 0 Å². The minimum absolute atomic E-state index is 0.218. The number of likely N-dealkylation sites (N-methyl/N-ethyl adjacent to an activating group) is 1. The molecule has 1 N–H and O–H groups in total. The van der Waals surface area contributed by atoms with Gasteiger partial charge in [0.05, 0.1) is 0 Å². The molecule has 7 nitrogen and oxygen atoms in total. The minimum atomic E-state index is -1.11. The van der Waals surface area contributed by atoms with Crippen molar-refractivity contribution < 1.29 is 19.2 Å². The Hall–Kier alpha value is -1.60. The number of carbonyl (C=O) groups excluding carboxylic acids is 1. The lowest BCUT2D eigenvalue weighted by Gasteiger charge is -2.20. The van der Waals surface area contributed by atoms with E-state index >= 15 is 0 Å². The summed E-state index contributed by atoms with van der Waals surface area (Å²) in [5, 5.41) is 14.1. The molecule has 1 unspecified atom stereocenters. The van der Waals surface area contributed by atoms with Crippen LogP contribution < -0.4 is 4.90 Å². The van der Waals surface area contributed by atoms with E-state index in [1.54, 1.807) is 13.1 Å². The first-order valence-electron chi connectivity index (χ1n) is 6.60. The zero-order valence-corrected chi connectivity index (χ0v) is 12.5. The van der Waals surface area contributed by atoms with Crippen LogP contribution in [0.1, 0.15) is 33.5 Å². The average Bonchev–Trinajstić information content (AvgIpc) is 2.90. The summed E-state index contributed by atoms with van der Waals surface area (Å²) in [7, 11) is 1.58. The first kappa shape index (κ1) is 14.8. The molecule has 1 fully saturated rings. The van der Waals surface area contributed by atoms with Gasteiger partial charge in [0.2, 0.25) is 0 Å². The number of nitrogens with zero attached hydrogens (tertiary/aromatic N) is 3. The number of rotatable bonds is 3. The summed E-state index contributed by atoms with van der Waals surface area (Å²) in [6.07, 6.45) is -1.81. The molecule has 1 aromatic rings. The van der Waals surface area contributed by atoms with Gasteiger partial charge >= 0.3 is 6.03 Å². The van der Waals surface area contributed by atoms with E-state index in [4.69, 9.17) is 9.26 Å². The van der Waals surface area contributed by atoms with E-state index in [-0.39, 0.29) is 11.4 Å². The lowest BCUT2D eigenvalue weighted by Crippen LogP contribution is -2.38. The Kier molecular flexibility index (Phi) is 3.75. The largest absolute Gasteiger partial charge is 0.369 e. The Morgan fingerprint density at radius 1 is 1.50 bits per heavy atom. The van der Waals surface area contributed by atoms with Crippen LogP contribution in [0.5, 0.6) is 0 Å². The number of ether oxygens (including phenoxy) is 1. The molecule has 2 heterocycles. The van der Waals surface area contributed by atoms with Crippen molar-refractivity contribution in [3.05, 3.63) is 11.8 Å². The first-order chi connectivity index (χ1) is 9.27. The predicted molar refractivity (Wildman–Crippen MR) is 72.3 cm³/mol. The van der Waals surface area contributed by atoms with Gasteiger partial charge in [-0.2, -0.15) is 0 Å². The molecule has 112 valence electrons. The van der Waals surface area contributed by atoms with Gasteiger partial charge in [-0.25, -0.2) is 9.69 Å². The number of aliphatic hydroxyl groups excluding tert-OH is 1. The van der Waals surface area contributed by atoms with Crippen molar-refractivity contribution in [3.63, 3.8) is 0 Å². The zero-order valence-electron chi connectivity index (χ0n) is 12.5. The molecular formula is C13H21N3O4. The monoisotopic (exact) mass is 283 g/mol. The average molecular weight is 283 g/mol. The third kappa shape index (κ3) is 2.38. The van der Waals surface area contributed by atoms with Crippen LogP contribution in [0, 0.1) is 0 Å². The Bertz CT molecular complexity index is 494. The summed E-state index contributed by atoms with van der Waals surface area (Å²) in [6.45, 7) is 8.15. The summed E-state index contributed by atoms with van der Waals surface area (Å²) in [5.41, 5.74) is -0.218. The van der Waals surface area contributed by atoms with Gasteiger partial charge in [0, 0.05) is 25.1 Å². The maximum atomic E-state index is 12.2. The quantitative estimate of drug-likeness (QED) is 0.910. The second-order valence-electron chi connectivity index (χ2n) is 5.82. The maximum absolute atomic E-state index is 12.2. The molecule has 1 saturated heterocycles. The number of hydrogen-bond donors (Lipinski definition) is 1. The van der Waals surface area contributed by atoms with Crippen LogP contribution in [-0.2, 0) is 10.2 Å². The number of anilines is 1. The number of urea groups is 1. The lowest BCUT2D eigenvalue weighted by molar-refractivity contribution is -0.0688. The molecule has 0 bridgehead atoms.